The van der Waals surface area contributed by atoms with Crippen molar-refractivity contribution in [3.05, 3.63) is 0 Å². The van der Waals surface area contributed by atoms with Gasteiger partial charge in [0.1, 0.15) is 0 Å². The van der Waals surface area contributed by atoms with Crippen LogP contribution >= 0.6 is 0 Å². The van der Waals surface area contributed by atoms with Crippen LogP contribution in [0.25, 0.3) is 0 Å². The number of aliphatic carboxylic acids is 1. The summed E-state index contributed by atoms with van der Waals surface area (Å²) in [5.41, 5.74) is 0. The number of carboxylic acids is 1. The van der Waals surface area contributed by atoms with Crippen LogP contribution in [0, 0.1) is 0 Å². The van der Waals surface area contributed by atoms with Crippen molar-refractivity contribution in [3.8, 4) is 0 Å². The molecule has 1 radical (unpaired) electrons. The Hall–Kier alpha value is 0.522. The molecule has 37 valence electrons. The second kappa shape index (κ2) is 9.10. The summed E-state index contributed by atoms with van der Waals surface area (Å²) in [6.45, 7) is 1.08. The Balaban J connectivity index is -0.0000000450. The molecule has 1 N–H and O–H groups in total. The first-order valence-electron chi connectivity index (χ1n) is 0.928. The molecule has 0 aromatic carbocycles. The van der Waals surface area contributed by atoms with Gasteiger partial charge in [0.25, 0.3) is 5.97 Å². The molecule has 0 saturated carbocycles. The molecule has 0 aromatic heterocycles. The third-order valence-electron chi connectivity index (χ3n) is 0. The van der Waals surface area contributed by atoms with E-state index >= 15 is 0 Å². The SMILES string of the molecule is CC(=O)O.[AlH3].[Mn]. The first kappa shape index (κ1) is 16.0. The second-order valence-electron chi connectivity index (χ2n) is 0.519. The minimum Gasteiger partial charge on any atom is -0.481 e. The summed E-state index contributed by atoms with van der Waals surface area (Å²) in [5.74, 6) is -0.833. The van der Waals surface area contributed by atoms with E-state index < -0.39 is 5.97 Å². The predicted octanol–water partition coefficient (Wildman–Crippen LogP) is -1.10. The van der Waals surface area contributed by atoms with Crippen molar-refractivity contribution in [2.75, 3.05) is 0 Å². The van der Waals surface area contributed by atoms with Crippen molar-refractivity contribution in [3.63, 3.8) is 0 Å². The van der Waals surface area contributed by atoms with E-state index in [1.54, 1.807) is 0 Å². The molecule has 0 aliphatic heterocycles. The van der Waals surface area contributed by atoms with Crippen LogP contribution in [0.2, 0.25) is 0 Å². The molecule has 0 saturated heterocycles. The van der Waals surface area contributed by atoms with Gasteiger partial charge in [0.2, 0.25) is 0 Å². The quantitative estimate of drug-likeness (QED) is 0.439. The van der Waals surface area contributed by atoms with Gasteiger partial charge in [-0.2, -0.15) is 0 Å². The molecule has 6 heavy (non-hydrogen) atoms. The molecule has 0 aliphatic carbocycles. The van der Waals surface area contributed by atoms with E-state index in [2.05, 4.69) is 0 Å². The van der Waals surface area contributed by atoms with E-state index in [1.807, 2.05) is 0 Å². The molecule has 0 aromatic rings. The van der Waals surface area contributed by atoms with Gasteiger partial charge in [-0.05, 0) is 0 Å². The van der Waals surface area contributed by atoms with Crippen LogP contribution in [-0.4, -0.2) is 28.4 Å². The van der Waals surface area contributed by atoms with Crippen molar-refractivity contribution < 1.29 is 27.0 Å². The monoisotopic (exact) mass is 145 g/mol. The summed E-state index contributed by atoms with van der Waals surface area (Å²) in [6.07, 6.45) is 0. The van der Waals surface area contributed by atoms with Gasteiger partial charge in [-0.3, -0.25) is 4.79 Å². The molecule has 0 bridgehead atoms. The van der Waals surface area contributed by atoms with Crippen LogP contribution in [0.3, 0.4) is 0 Å². The first-order chi connectivity index (χ1) is 1.73. The summed E-state index contributed by atoms with van der Waals surface area (Å²) >= 11 is 0. The summed E-state index contributed by atoms with van der Waals surface area (Å²) in [5, 5.41) is 7.42. The third-order valence-corrected chi connectivity index (χ3v) is 0. The number of hydrogen-bond acceptors (Lipinski definition) is 1. The number of rotatable bonds is 0. The molecule has 0 unspecified atom stereocenters. The van der Waals surface area contributed by atoms with E-state index in [1.165, 1.54) is 0 Å². The van der Waals surface area contributed by atoms with E-state index in [0.717, 1.165) is 6.92 Å². The topological polar surface area (TPSA) is 37.3 Å². The minimum absolute atomic E-state index is 0. The maximum atomic E-state index is 9.00. The van der Waals surface area contributed by atoms with Crippen LogP contribution in [0.15, 0.2) is 0 Å². The second-order valence-corrected chi connectivity index (χ2v) is 0.519. The zero-order valence-corrected chi connectivity index (χ0v) is 3.91. The molecule has 0 aliphatic rings. The fourth-order valence-corrected chi connectivity index (χ4v) is 0. The first-order valence-corrected chi connectivity index (χ1v) is 0.928. The number of carbonyl (C=O) groups is 1. The van der Waals surface area contributed by atoms with Crippen LogP contribution < -0.4 is 0 Å². The van der Waals surface area contributed by atoms with Gasteiger partial charge >= 0.3 is 0 Å². The van der Waals surface area contributed by atoms with Gasteiger partial charge in [0.15, 0.2) is 17.4 Å². The van der Waals surface area contributed by atoms with Crippen LogP contribution in [0.1, 0.15) is 6.92 Å². The smallest absolute Gasteiger partial charge is 0.300 e. The van der Waals surface area contributed by atoms with Crippen molar-refractivity contribution in [1.82, 2.24) is 0 Å². The molecule has 0 heterocycles. The van der Waals surface area contributed by atoms with Crippen molar-refractivity contribution in [2.24, 2.45) is 0 Å². The average Bonchev–Trinajstić information content (AvgIpc) is 0.811. The molecule has 0 fully saturated rings. The number of hydrogen-bond donors (Lipinski definition) is 1. The van der Waals surface area contributed by atoms with E-state index in [9.17, 15) is 0 Å². The van der Waals surface area contributed by atoms with Gasteiger partial charge in [-0.1, -0.05) is 0 Å². The molecule has 0 atom stereocenters. The van der Waals surface area contributed by atoms with Crippen LogP contribution in [0.5, 0.6) is 0 Å². The fraction of sp³-hybridized carbons (Fsp3) is 0.500. The van der Waals surface area contributed by atoms with Crippen molar-refractivity contribution in [2.45, 2.75) is 6.92 Å². The molecule has 4 heteroatoms. The maximum Gasteiger partial charge on any atom is 0.300 e. The zero-order valence-electron chi connectivity index (χ0n) is 2.73. The van der Waals surface area contributed by atoms with Crippen molar-refractivity contribution >= 4 is 23.3 Å². The van der Waals surface area contributed by atoms with Gasteiger partial charge in [-0.15, -0.1) is 0 Å². The van der Waals surface area contributed by atoms with E-state index in [-0.39, 0.29) is 34.4 Å². The standard InChI is InChI=1S/C2H4O2.Al.Mn.3H/c1-2(3)4;;;;;/h1H3,(H,3,4);;;;;. The van der Waals surface area contributed by atoms with Gasteiger partial charge in [0.05, 0.1) is 0 Å². The molecular weight excluding hydrogens is 138 g/mol. The molecule has 2 nitrogen and oxygen atoms in total. The van der Waals surface area contributed by atoms with Crippen LogP contribution in [-0.2, 0) is 21.9 Å². The largest absolute Gasteiger partial charge is 0.481 e. The molecule has 0 amide bonds. The summed E-state index contributed by atoms with van der Waals surface area (Å²) < 4.78 is 0. The maximum absolute atomic E-state index is 9.00. The Morgan fingerprint density at radius 3 is 1.67 bits per heavy atom. The van der Waals surface area contributed by atoms with Gasteiger partial charge < -0.3 is 5.11 Å². The molecule has 0 rings (SSSR count). The average molecular weight is 145 g/mol. The summed E-state index contributed by atoms with van der Waals surface area (Å²) in [4.78, 5) is 9.00. The molecule has 0 spiro atoms. The third kappa shape index (κ3) is 206. The van der Waals surface area contributed by atoms with Gasteiger partial charge in [0, 0.05) is 24.0 Å². The van der Waals surface area contributed by atoms with E-state index in [4.69, 9.17) is 9.90 Å². The van der Waals surface area contributed by atoms with Crippen LogP contribution in [0.4, 0.5) is 0 Å². The normalized spacial score (nSPS) is 4.17. The zero-order chi connectivity index (χ0) is 3.58. The Morgan fingerprint density at radius 2 is 1.67 bits per heavy atom. The molecular formula is C2H7AlMnO2. The summed E-state index contributed by atoms with van der Waals surface area (Å²) in [7, 11) is 0. The van der Waals surface area contributed by atoms with Gasteiger partial charge in [-0.25, -0.2) is 0 Å². The Bertz CT molecular complexity index is 34.5. The Kier molecular flexibility index (Phi) is 24.3. The van der Waals surface area contributed by atoms with Crippen molar-refractivity contribution in [1.29, 1.82) is 0 Å². The number of carboxylic acid groups (broad SMARTS) is 1. The summed E-state index contributed by atoms with van der Waals surface area (Å²) in [6, 6.07) is 0. The Labute approximate surface area is 57.5 Å². The van der Waals surface area contributed by atoms with E-state index in [0.29, 0.717) is 0 Å². The fourth-order valence-electron chi connectivity index (χ4n) is 0. The predicted molar refractivity (Wildman–Crippen MR) is 23.2 cm³/mol. The Morgan fingerprint density at radius 1 is 1.67 bits per heavy atom. The minimum atomic E-state index is -0.833.